The number of carbonyl (C=O) groups is 2. The van der Waals surface area contributed by atoms with Gasteiger partial charge in [0.15, 0.2) is 11.5 Å². The molecular weight excluding hydrogens is 432 g/mol. The molecule has 2 aromatic carbocycles. The van der Waals surface area contributed by atoms with E-state index in [0.29, 0.717) is 18.7 Å². The van der Waals surface area contributed by atoms with Crippen LogP contribution >= 0.6 is 0 Å². The van der Waals surface area contributed by atoms with Crippen molar-refractivity contribution in [2.45, 2.75) is 38.0 Å². The summed E-state index contributed by atoms with van der Waals surface area (Å²) in [6.07, 6.45) is 6.40. The third kappa shape index (κ3) is 4.81. The zero-order valence-electron chi connectivity index (χ0n) is 18.8. The quantitative estimate of drug-likeness (QED) is 0.422. The van der Waals surface area contributed by atoms with Crippen LogP contribution in [0.1, 0.15) is 42.6 Å². The van der Waals surface area contributed by atoms with Crippen LogP contribution in [0.3, 0.4) is 0 Å². The lowest BCUT2D eigenvalue weighted by molar-refractivity contribution is -0.117. The van der Waals surface area contributed by atoms with Crippen LogP contribution in [0, 0.1) is 0 Å². The Labute approximate surface area is 197 Å². The lowest BCUT2D eigenvalue weighted by Crippen LogP contribution is -2.37. The summed E-state index contributed by atoms with van der Waals surface area (Å²) in [7, 11) is 0. The summed E-state index contributed by atoms with van der Waals surface area (Å²) in [5.41, 5.74) is 1.96. The zero-order valence-corrected chi connectivity index (χ0v) is 18.8. The van der Waals surface area contributed by atoms with Gasteiger partial charge < -0.3 is 14.9 Å². The van der Waals surface area contributed by atoms with Gasteiger partial charge in [-0.3, -0.25) is 9.59 Å². The smallest absolute Gasteiger partial charge is 0.228 e. The van der Waals surface area contributed by atoms with Crippen molar-refractivity contribution in [1.29, 1.82) is 0 Å². The molecule has 4 rings (SSSR count). The van der Waals surface area contributed by atoms with Crippen molar-refractivity contribution in [1.82, 2.24) is 0 Å². The molecule has 0 bridgehead atoms. The Balaban J connectivity index is 1.49. The fraction of sp³-hybridized carbons (Fsp3) is 0.259. The molecule has 2 atom stereocenters. The van der Waals surface area contributed by atoms with Crippen molar-refractivity contribution in [2.24, 2.45) is 10.2 Å². The fourth-order valence-corrected chi connectivity index (χ4v) is 3.92. The molecule has 0 heterocycles. The van der Waals surface area contributed by atoms with Crippen LogP contribution in [0.15, 0.2) is 88.3 Å². The van der Waals surface area contributed by atoms with Gasteiger partial charge in [0.05, 0.1) is 5.69 Å². The predicted molar refractivity (Wildman–Crippen MR) is 127 cm³/mol. The Morgan fingerprint density at radius 2 is 1.71 bits per heavy atom. The molecule has 0 aliphatic heterocycles. The second-order valence-corrected chi connectivity index (χ2v) is 8.22. The molecule has 2 N–H and O–H groups in total. The van der Waals surface area contributed by atoms with Crippen LogP contribution in [0.4, 0.5) is 5.69 Å². The average molecular weight is 459 g/mol. The van der Waals surface area contributed by atoms with E-state index < -0.39 is 23.4 Å². The highest BCUT2D eigenvalue weighted by molar-refractivity contribution is 6.18. The first kappa shape index (κ1) is 23.5. The molecule has 0 saturated carbocycles. The molecule has 2 aliphatic rings. The second-order valence-electron chi connectivity index (χ2n) is 8.22. The number of hydrogen-bond acceptors (Lipinski definition) is 7. The predicted octanol–water partition coefficient (Wildman–Crippen LogP) is 5.11. The van der Waals surface area contributed by atoms with E-state index in [4.69, 9.17) is 4.74 Å². The van der Waals surface area contributed by atoms with E-state index in [1.807, 2.05) is 49.4 Å². The number of benzene rings is 2. The first-order chi connectivity index (χ1) is 16.4. The van der Waals surface area contributed by atoms with Crippen molar-refractivity contribution in [3.8, 4) is 0 Å². The summed E-state index contributed by atoms with van der Waals surface area (Å²) in [5, 5.41) is 29.7. The van der Waals surface area contributed by atoms with Crippen LogP contribution in [-0.4, -0.2) is 34.1 Å². The molecule has 7 heteroatoms. The lowest BCUT2D eigenvalue weighted by atomic mass is 9.89. The Bertz CT molecular complexity index is 1210. The van der Waals surface area contributed by atoms with E-state index in [0.717, 1.165) is 29.2 Å². The van der Waals surface area contributed by atoms with E-state index in [9.17, 15) is 19.8 Å². The van der Waals surface area contributed by atoms with E-state index >= 15 is 0 Å². The summed E-state index contributed by atoms with van der Waals surface area (Å²) >= 11 is 0. The molecule has 2 aromatic rings. The molecule has 0 saturated heterocycles. The molecule has 34 heavy (non-hydrogen) atoms. The first-order valence-electron chi connectivity index (χ1n) is 11.2. The number of nitrogens with zero attached hydrogens (tertiary/aromatic N) is 2. The summed E-state index contributed by atoms with van der Waals surface area (Å²) in [6.45, 7) is 2.40. The van der Waals surface area contributed by atoms with Gasteiger partial charge in [0.1, 0.15) is 6.10 Å². The minimum absolute atomic E-state index is 0.129. The number of aryl methyl sites for hydroxylation is 1. The largest absolute Gasteiger partial charge is 0.504 e. The monoisotopic (exact) mass is 458 g/mol. The summed E-state index contributed by atoms with van der Waals surface area (Å²) < 4.78 is 5.98. The second kappa shape index (κ2) is 10.1. The third-order valence-electron chi connectivity index (χ3n) is 5.85. The van der Waals surface area contributed by atoms with Gasteiger partial charge in [-0.1, -0.05) is 49.4 Å². The summed E-state index contributed by atoms with van der Waals surface area (Å²) in [6, 6.07) is 14.8. The Kier molecular flexibility index (Phi) is 6.95. The molecule has 2 aliphatic carbocycles. The number of ether oxygens (including phenoxy) is 1. The molecule has 7 nitrogen and oxygen atoms in total. The van der Waals surface area contributed by atoms with Gasteiger partial charge in [-0.05, 0) is 66.3 Å². The normalized spacial score (nSPS) is 22.0. The number of allylic oxidation sites excluding steroid dienone is 3. The zero-order chi connectivity index (χ0) is 24.1. The fourth-order valence-electron chi connectivity index (χ4n) is 3.92. The Hall–Kier alpha value is -3.68. The number of ketones is 2. The number of fused-ring (bicyclic) bond motifs is 1. The number of aliphatic hydroxyl groups is 2. The molecule has 0 spiro atoms. The first-order valence-corrected chi connectivity index (χ1v) is 11.2. The summed E-state index contributed by atoms with van der Waals surface area (Å²) in [5.74, 6) is -1.37. The van der Waals surface area contributed by atoms with Crippen LogP contribution < -0.4 is 0 Å². The maximum atomic E-state index is 11.9. The van der Waals surface area contributed by atoms with Gasteiger partial charge in [0.25, 0.3) is 0 Å². The minimum Gasteiger partial charge on any atom is -0.504 e. The van der Waals surface area contributed by atoms with Crippen molar-refractivity contribution < 1.29 is 24.5 Å². The highest BCUT2D eigenvalue weighted by Gasteiger charge is 2.41. The van der Waals surface area contributed by atoms with Crippen molar-refractivity contribution in [3.05, 3.63) is 94.8 Å². The number of rotatable bonds is 8. The lowest BCUT2D eigenvalue weighted by Gasteiger charge is -2.34. The Morgan fingerprint density at radius 3 is 2.47 bits per heavy atom. The average Bonchev–Trinajstić information content (AvgIpc) is 2.86. The van der Waals surface area contributed by atoms with Crippen molar-refractivity contribution in [2.75, 3.05) is 6.61 Å². The highest BCUT2D eigenvalue weighted by atomic mass is 16.5. The topological polar surface area (TPSA) is 109 Å². The van der Waals surface area contributed by atoms with E-state index in [1.165, 1.54) is 6.08 Å². The number of azo groups is 1. The van der Waals surface area contributed by atoms with Gasteiger partial charge in [-0.25, -0.2) is 0 Å². The molecule has 0 fully saturated rings. The molecule has 0 radical (unpaired) electrons. The molecule has 0 amide bonds. The molecule has 174 valence electrons. The van der Waals surface area contributed by atoms with Crippen LogP contribution in [0.25, 0.3) is 6.08 Å². The Morgan fingerprint density at radius 1 is 0.971 bits per heavy atom. The van der Waals surface area contributed by atoms with E-state index in [1.54, 1.807) is 18.2 Å². The van der Waals surface area contributed by atoms with Crippen LogP contribution in [0.2, 0.25) is 0 Å². The van der Waals surface area contributed by atoms with Gasteiger partial charge in [-0.2, -0.15) is 5.11 Å². The van der Waals surface area contributed by atoms with Crippen LogP contribution in [-0.2, 0) is 20.7 Å². The maximum absolute atomic E-state index is 11.9. The standard InChI is InChI=1S/C27H26N2O5/c1-2-17-34-27(16-15-19-5-3-4-6-21(19)26(27)33)29-28-20-10-7-18(8-11-20)9-12-22-23(30)13-14-24(31)25(22)32/h3-8,10-11,13-16,26,32-33H,2,9,12,17H2,1H3/b29-28+. The van der Waals surface area contributed by atoms with Gasteiger partial charge >= 0.3 is 0 Å². The number of carbonyl (C=O) groups excluding carboxylic acids is 2. The van der Waals surface area contributed by atoms with Gasteiger partial charge in [0.2, 0.25) is 11.5 Å². The molecule has 0 aromatic heterocycles. The van der Waals surface area contributed by atoms with Crippen LogP contribution in [0.5, 0.6) is 0 Å². The highest BCUT2D eigenvalue weighted by Crippen LogP contribution is 2.39. The van der Waals surface area contributed by atoms with Gasteiger partial charge in [0, 0.05) is 12.2 Å². The minimum atomic E-state index is -1.31. The number of aliphatic hydroxyl groups excluding tert-OH is 2. The SMILES string of the molecule is CCCOC1(/N=N/c2ccc(CCC3=C(O)C(=O)C=CC3=O)cc2)C=Cc2ccccc2C1O. The van der Waals surface area contributed by atoms with Crippen molar-refractivity contribution >= 4 is 23.3 Å². The molecular formula is C27H26N2O5. The van der Waals surface area contributed by atoms with E-state index in [-0.39, 0.29) is 17.8 Å². The number of hydrogen-bond donors (Lipinski definition) is 2. The van der Waals surface area contributed by atoms with Crippen molar-refractivity contribution in [3.63, 3.8) is 0 Å². The molecule has 2 unspecified atom stereocenters. The third-order valence-corrected chi connectivity index (χ3v) is 5.85. The summed E-state index contributed by atoms with van der Waals surface area (Å²) in [4.78, 5) is 23.5. The maximum Gasteiger partial charge on any atom is 0.228 e. The van der Waals surface area contributed by atoms with E-state index in [2.05, 4.69) is 10.2 Å². The van der Waals surface area contributed by atoms with Gasteiger partial charge in [-0.15, -0.1) is 5.11 Å².